The molecule has 2 nitrogen and oxygen atoms in total. The Morgan fingerprint density at radius 1 is 1.47 bits per heavy atom. The largest absolute Gasteiger partial charge is 0.313 e. The molecule has 2 rings (SSSR count). The summed E-state index contributed by atoms with van der Waals surface area (Å²) in [5, 5.41) is 3.60. The fraction of sp³-hybridized carbons (Fsp3) is 0.667. The highest BCUT2D eigenvalue weighted by Gasteiger charge is 2.15. The van der Waals surface area contributed by atoms with E-state index in [4.69, 9.17) is 0 Å². The third-order valence-corrected chi connectivity index (χ3v) is 6.31. The second-order valence-electron chi connectivity index (χ2n) is 4.68. The number of rotatable bonds is 4. The van der Waals surface area contributed by atoms with E-state index in [0.717, 1.165) is 13.1 Å². The van der Waals surface area contributed by atoms with Gasteiger partial charge in [0, 0.05) is 28.5 Å². The van der Waals surface area contributed by atoms with Gasteiger partial charge in [-0.05, 0) is 64.4 Å². The molecule has 1 unspecified atom stereocenters. The highest BCUT2D eigenvalue weighted by atomic mass is 79.9. The van der Waals surface area contributed by atoms with Crippen molar-refractivity contribution in [3.63, 3.8) is 0 Å². The zero-order valence-electron chi connectivity index (χ0n) is 10.0. The topological polar surface area (TPSA) is 15.3 Å². The summed E-state index contributed by atoms with van der Waals surface area (Å²) in [6.07, 6.45) is 4.04. The molecule has 0 amide bonds. The maximum atomic E-state index is 3.60. The van der Waals surface area contributed by atoms with Gasteiger partial charge in [0.15, 0.2) is 0 Å². The molecule has 1 N–H and O–H groups in total. The SMILES string of the molecule is CN(Cc1cc(Br)c(Br)s1)CC1CCCCN1. The molecule has 0 spiro atoms. The molecule has 0 bridgehead atoms. The molecule has 1 atom stereocenters. The summed E-state index contributed by atoms with van der Waals surface area (Å²) in [7, 11) is 2.21. The molecule has 1 fully saturated rings. The molecule has 17 heavy (non-hydrogen) atoms. The number of piperidine rings is 1. The number of halogens is 2. The highest BCUT2D eigenvalue weighted by Crippen LogP contribution is 2.32. The van der Waals surface area contributed by atoms with Crippen LogP contribution in [-0.4, -0.2) is 31.1 Å². The van der Waals surface area contributed by atoms with Gasteiger partial charge in [-0.3, -0.25) is 4.90 Å². The van der Waals surface area contributed by atoms with Crippen molar-refractivity contribution in [2.24, 2.45) is 0 Å². The predicted molar refractivity (Wildman–Crippen MR) is 81.7 cm³/mol. The van der Waals surface area contributed by atoms with Crippen LogP contribution < -0.4 is 5.32 Å². The highest BCUT2D eigenvalue weighted by molar-refractivity contribution is 9.13. The van der Waals surface area contributed by atoms with Gasteiger partial charge < -0.3 is 5.32 Å². The minimum atomic E-state index is 0.681. The minimum absolute atomic E-state index is 0.681. The van der Waals surface area contributed by atoms with Gasteiger partial charge >= 0.3 is 0 Å². The molecule has 0 aliphatic carbocycles. The van der Waals surface area contributed by atoms with E-state index < -0.39 is 0 Å². The van der Waals surface area contributed by atoms with Crippen LogP contribution in [0.2, 0.25) is 0 Å². The van der Waals surface area contributed by atoms with E-state index in [1.54, 1.807) is 0 Å². The van der Waals surface area contributed by atoms with E-state index in [9.17, 15) is 0 Å². The average Bonchev–Trinajstić information content (AvgIpc) is 2.59. The Labute approximate surface area is 124 Å². The van der Waals surface area contributed by atoms with Crippen molar-refractivity contribution in [2.45, 2.75) is 31.8 Å². The second-order valence-corrected chi connectivity index (χ2v) is 7.99. The summed E-state index contributed by atoms with van der Waals surface area (Å²) in [6.45, 7) is 3.37. The number of nitrogens with zero attached hydrogens (tertiary/aromatic N) is 1. The van der Waals surface area contributed by atoms with E-state index in [1.165, 1.54) is 38.9 Å². The number of hydrogen-bond acceptors (Lipinski definition) is 3. The van der Waals surface area contributed by atoms with Crippen molar-refractivity contribution >= 4 is 43.2 Å². The molecule has 2 heterocycles. The smallest absolute Gasteiger partial charge is 0.0843 e. The van der Waals surface area contributed by atoms with Gasteiger partial charge in [-0.25, -0.2) is 0 Å². The Morgan fingerprint density at radius 3 is 2.88 bits per heavy atom. The molecule has 1 aliphatic heterocycles. The summed E-state index contributed by atoms with van der Waals surface area (Å²) >= 11 is 8.89. The second kappa shape index (κ2) is 6.66. The van der Waals surface area contributed by atoms with Crippen molar-refractivity contribution in [2.75, 3.05) is 20.1 Å². The average molecular weight is 382 g/mol. The number of thiophene rings is 1. The lowest BCUT2D eigenvalue weighted by molar-refractivity contribution is 0.258. The van der Waals surface area contributed by atoms with Crippen molar-refractivity contribution in [1.82, 2.24) is 10.2 Å². The van der Waals surface area contributed by atoms with Crippen LogP contribution in [0.15, 0.2) is 14.3 Å². The Balaban J connectivity index is 1.81. The summed E-state index contributed by atoms with van der Waals surface area (Å²) in [6, 6.07) is 2.89. The fourth-order valence-electron chi connectivity index (χ4n) is 2.26. The first-order chi connectivity index (χ1) is 8.15. The van der Waals surface area contributed by atoms with Crippen LogP contribution in [0.3, 0.4) is 0 Å². The molecule has 0 radical (unpaired) electrons. The number of hydrogen-bond donors (Lipinski definition) is 1. The van der Waals surface area contributed by atoms with Crippen molar-refractivity contribution in [3.8, 4) is 0 Å². The number of likely N-dealkylation sites (N-methyl/N-ethyl adjacent to an activating group) is 1. The predicted octanol–water partition coefficient (Wildman–Crippen LogP) is 3.85. The Bertz CT molecular complexity index is 342. The third kappa shape index (κ3) is 4.31. The van der Waals surface area contributed by atoms with Crippen molar-refractivity contribution in [3.05, 3.63) is 19.2 Å². The van der Waals surface area contributed by atoms with E-state index in [-0.39, 0.29) is 0 Å². The summed E-state index contributed by atoms with van der Waals surface area (Å²) in [5.74, 6) is 0. The van der Waals surface area contributed by atoms with Crippen LogP contribution in [0.5, 0.6) is 0 Å². The molecule has 5 heteroatoms. The molecule has 0 saturated carbocycles. The first-order valence-electron chi connectivity index (χ1n) is 6.01. The molecule has 96 valence electrons. The molecule has 1 saturated heterocycles. The van der Waals surface area contributed by atoms with Crippen LogP contribution in [0, 0.1) is 0 Å². The third-order valence-electron chi connectivity index (χ3n) is 3.07. The molecule has 0 aromatic carbocycles. The lowest BCUT2D eigenvalue weighted by Gasteiger charge is -2.27. The van der Waals surface area contributed by atoms with Crippen molar-refractivity contribution in [1.29, 1.82) is 0 Å². The first-order valence-corrected chi connectivity index (χ1v) is 8.41. The van der Waals surface area contributed by atoms with Gasteiger partial charge in [-0.2, -0.15) is 0 Å². The molecule has 1 aromatic heterocycles. The van der Waals surface area contributed by atoms with Gasteiger partial charge in [-0.15, -0.1) is 11.3 Å². The lowest BCUT2D eigenvalue weighted by atomic mass is 10.0. The Kier molecular flexibility index (Phi) is 5.49. The molecular formula is C12H18Br2N2S. The van der Waals surface area contributed by atoms with Crippen LogP contribution >= 0.6 is 43.2 Å². The lowest BCUT2D eigenvalue weighted by Crippen LogP contribution is -2.42. The van der Waals surface area contributed by atoms with Crippen molar-refractivity contribution < 1.29 is 0 Å². The normalized spacial score (nSPS) is 21.1. The van der Waals surface area contributed by atoms with Crippen LogP contribution in [0.1, 0.15) is 24.1 Å². The zero-order chi connectivity index (χ0) is 12.3. The quantitative estimate of drug-likeness (QED) is 0.852. The van der Waals surface area contributed by atoms with E-state index >= 15 is 0 Å². The maximum absolute atomic E-state index is 3.60. The van der Waals surface area contributed by atoms with Gasteiger partial charge in [0.05, 0.1) is 3.79 Å². The minimum Gasteiger partial charge on any atom is -0.313 e. The van der Waals surface area contributed by atoms with Crippen LogP contribution in [0.4, 0.5) is 0 Å². The molecular weight excluding hydrogens is 364 g/mol. The zero-order valence-corrected chi connectivity index (χ0v) is 14.0. The summed E-state index contributed by atoms with van der Waals surface area (Å²) in [5.41, 5.74) is 0. The van der Waals surface area contributed by atoms with Gasteiger partial charge in [0.2, 0.25) is 0 Å². The van der Waals surface area contributed by atoms with Gasteiger partial charge in [-0.1, -0.05) is 6.42 Å². The van der Waals surface area contributed by atoms with E-state index in [0.29, 0.717) is 6.04 Å². The molecule has 1 aliphatic rings. The standard InChI is InChI=1S/C12H18Br2N2S/c1-16(7-9-4-2-3-5-15-9)8-10-6-11(13)12(14)17-10/h6,9,15H,2-5,7-8H2,1H3. The maximum Gasteiger partial charge on any atom is 0.0843 e. The number of nitrogens with one attached hydrogen (secondary N) is 1. The molecule has 1 aromatic rings. The van der Waals surface area contributed by atoms with Crippen LogP contribution in [0.25, 0.3) is 0 Å². The van der Waals surface area contributed by atoms with Gasteiger partial charge in [0.25, 0.3) is 0 Å². The Morgan fingerprint density at radius 2 is 2.29 bits per heavy atom. The Hall–Kier alpha value is 0.580. The summed E-state index contributed by atoms with van der Waals surface area (Å²) in [4.78, 5) is 3.82. The fourth-order valence-corrected chi connectivity index (χ4v) is 4.51. The van der Waals surface area contributed by atoms with Crippen LogP contribution in [-0.2, 0) is 6.54 Å². The summed E-state index contributed by atoms with van der Waals surface area (Å²) < 4.78 is 2.36. The monoisotopic (exact) mass is 380 g/mol. The van der Waals surface area contributed by atoms with E-state index in [1.807, 2.05) is 11.3 Å². The first kappa shape index (κ1) is 14.0. The van der Waals surface area contributed by atoms with E-state index in [2.05, 4.69) is 55.2 Å². The van der Waals surface area contributed by atoms with Gasteiger partial charge in [0.1, 0.15) is 0 Å².